The molecule has 1 aromatic heterocycles. The van der Waals surface area contributed by atoms with Gasteiger partial charge in [0.25, 0.3) is 0 Å². The molecular weight excluding hydrogens is 499 g/mol. The summed E-state index contributed by atoms with van der Waals surface area (Å²) in [6, 6.07) is 9.47. The van der Waals surface area contributed by atoms with E-state index in [1.807, 2.05) is 12.5 Å². The quantitative estimate of drug-likeness (QED) is 0.343. The highest BCUT2D eigenvalue weighted by atomic mass is 127. The fourth-order valence-electron chi connectivity index (χ4n) is 4.64. The first-order valence-electron chi connectivity index (χ1n) is 11.5. The summed E-state index contributed by atoms with van der Waals surface area (Å²) in [5, 5.41) is 3.51. The predicted octanol–water partition coefficient (Wildman–Crippen LogP) is 4.15. The topological polar surface area (TPSA) is 48.7 Å². The molecule has 2 aliphatic rings. The molecule has 2 aliphatic heterocycles. The molecule has 2 saturated heterocycles. The van der Waals surface area contributed by atoms with Crippen LogP contribution in [-0.4, -0.2) is 58.0 Å². The number of hydrogen-bond acceptors (Lipinski definition) is 3. The third-order valence-electron chi connectivity index (χ3n) is 6.50. The highest BCUT2D eigenvalue weighted by Crippen LogP contribution is 2.27. The molecule has 0 radical (unpaired) electrons. The van der Waals surface area contributed by atoms with Crippen molar-refractivity contribution in [2.75, 3.05) is 32.7 Å². The lowest BCUT2D eigenvalue weighted by molar-refractivity contribution is 0.189. The van der Waals surface area contributed by atoms with Gasteiger partial charge in [-0.05, 0) is 56.3 Å². The second-order valence-corrected chi connectivity index (χ2v) is 8.76. The Morgan fingerprint density at radius 3 is 2.55 bits per heavy atom. The van der Waals surface area contributed by atoms with Crippen LogP contribution in [0.25, 0.3) is 0 Å². The number of guanidine groups is 1. The maximum absolute atomic E-state index is 4.98. The molecule has 2 unspecified atom stereocenters. The van der Waals surface area contributed by atoms with Gasteiger partial charge in [0.15, 0.2) is 5.96 Å². The van der Waals surface area contributed by atoms with E-state index in [1.165, 1.54) is 43.5 Å². The molecular formula is C24H37IN6. The number of nitrogens with one attached hydrogen (secondary N) is 1. The summed E-state index contributed by atoms with van der Waals surface area (Å²) in [6.07, 6.45) is 9.75. The molecule has 2 fully saturated rings. The van der Waals surface area contributed by atoms with Gasteiger partial charge in [0, 0.05) is 38.6 Å². The molecule has 3 heterocycles. The molecule has 0 amide bonds. The van der Waals surface area contributed by atoms with Crippen molar-refractivity contribution in [3.63, 3.8) is 0 Å². The van der Waals surface area contributed by atoms with E-state index in [9.17, 15) is 0 Å². The van der Waals surface area contributed by atoms with Gasteiger partial charge < -0.3 is 14.8 Å². The molecule has 170 valence electrons. The minimum atomic E-state index is 0. The van der Waals surface area contributed by atoms with Crippen molar-refractivity contribution in [2.45, 2.75) is 52.2 Å². The summed E-state index contributed by atoms with van der Waals surface area (Å²) >= 11 is 0. The van der Waals surface area contributed by atoms with Crippen LogP contribution in [0.3, 0.4) is 0 Å². The minimum absolute atomic E-state index is 0. The van der Waals surface area contributed by atoms with Gasteiger partial charge in [-0.15, -0.1) is 24.0 Å². The summed E-state index contributed by atoms with van der Waals surface area (Å²) in [5.41, 5.74) is 2.68. The van der Waals surface area contributed by atoms with Crippen molar-refractivity contribution in [1.82, 2.24) is 24.7 Å². The smallest absolute Gasteiger partial charge is 0.194 e. The maximum atomic E-state index is 4.98. The van der Waals surface area contributed by atoms with Crippen LogP contribution in [-0.2, 0) is 13.1 Å². The number of hydrogen-bond donors (Lipinski definition) is 1. The standard InChI is InChI=1S/C24H36N6.HI/c1-3-26-24(29-14-10-20(2)23(18-29)30-15-11-25-19-30)27-16-21-6-8-22(9-7-21)17-28-12-4-5-13-28;/h6-9,11,15,19-20,23H,3-5,10,12-14,16-18H2,1-2H3,(H,26,27);1H. The van der Waals surface area contributed by atoms with E-state index in [4.69, 9.17) is 4.99 Å². The third-order valence-corrected chi connectivity index (χ3v) is 6.50. The molecule has 6 nitrogen and oxygen atoms in total. The number of benzene rings is 1. The molecule has 0 aliphatic carbocycles. The van der Waals surface area contributed by atoms with E-state index in [0.717, 1.165) is 32.1 Å². The lowest BCUT2D eigenvalue weighted by atomic mass is 9.93. The Balaban J connectivity index is 0.00000272. The Kier molecular flexibility index (Phi) is 9.19. The zero-order chi connectivity index (χ0) is 20.8. The molecule has 0 spiro atoms. The zero-order valence-electron chi connectivity index (χ0n) is 18.9. The molecule has 0 bridgehead atoms. The Labute approximate surface area is 204 Å². The third kappa shape index (κ3) is 6.44. The number of likely N-dealkylation sites (tertiary alicyclic amines) is 2. The first-order valence-corrected chi connectivity index (χ1v) is 11.5. The number of piperidine rings is 1. The van der Waals surface area contributed by atoms with Gasteiger partial charge in [-0.2, -0.15) is 0 Å². The second-order valence-electron chi connectivity index (χ2n) is 8.76. The number of nitrogens with zero attached hydrogens (tertiary/aromatic N) is 5. The average molecular weight is 537 g/mol. The largest absolute Gasteiger partial charge is 0.357 e. The van der Waals surface area contributed by atoms with Crippen LogP contribution in [0.2, 0.25) is 0 Å². The number of rotatable bonds is 6. The van der Waals surface area contributed by atoms with E-state index in [0.29, 0.717) is 18.5 Å². The van der Waals surface area contributed by atoms with Crippen LogP contribution in [0, 0.1) is 5.92 Å². The van der Waals surface area contributed by atoms with Crippen molar-refractivity contribution in [3.8, 4) is 0 Å². The fourth-order valence-corrected chi connectivity index (χ4v) is 4.64. The minimum Gasteiger partial charge on any atom is -0.357 e. The van der Waals surface area contributed by atoms with Gasteiger partial charge in [-0.3, -0.25) is 4.90 Å². The first kappa shape index (κ1) is 24.0. The molecule has 31 heavy (non-hydrogen) atoms. The van der Waals surface area contributed by atoms with Gasteiger partial charge in [0.1, 0.15) is 0 Å². The van der Waals surface area contributed by atoms with Crippen molar-refractivity contribution in [1.29, 1.82) is 0 Å². The Morgan fingerprint density at radius 2 is 1.87 bits per heavy atom. The summed E-state index contributed by atoms with van der Waals surface area (Å²) in [4.78, 5) is 14.2. The summed E-state index contributed by atoms with van der Waals surface area (Å²) in [6.45, 7) is 11.7. The summed E-state index contributed by atoms with van der Waals surface area (Å²) in [7, 11) is 0. The highest BCUT2D eigenvalue weighted by molar-refractivity contribution is 14.0. The van der Waals surface area contributed by atoms with Gasteiger partial charge in [0.2, 0.25) is 0 Å². The van der Waals surface area contributed by atoms with Crippen LogP contribution in [0.1, 0.15) is 50.3 Å². The van der Waals surface area contributed by atoms with E-state index in [2.05, 4.69) is 69.0 Å². The van der Waals surface area contributed by atoms with E-state index in [1.54, 1.807) is 0 Å². The molecule has 1 aromatic carbocycles. The zero-order valence-corrected chi connectivity index (χ0v) is 21.2. The van der Waals surface area contributed by atoms with Crippen LogP contribution in [0.5, 0.6) is 0 Å². The van der Waals surface area contributed by atoms with Crippen molar-refractivity contribution in [3.05, 3.63) is 54.1 Å². The van der Waals surface area contributed by atoms with E-state index >= 15 is 0 Å². The van der Waals surface area contributed by atoms with Crippen LogP contribution in [0.15, 0.2) is 48.0 Å². The number of aliphatic imine (C=N–C) groups is 1. The highest BCUT2D eigenvalue weighted by Gasteiger charge is 2.28. The molecule has 0 saturated carbocycles. The second kappa shape index (κ2) is 11.9. The number of halogens is 1. The normalized spacial score (nSPS) is 22.4. The molecule has 1 N–H and O–H groups in total. The van der Waals surface area contributed by atoms with Gasteiger partial charge in [0.05, 0.1) is 18.9 Å². The Hall–Kier alpha value is -1.61. The fraction of sp³-hybridized carbons (Fsp3) is 0.583. The lowest BCUT2D eigenvalue weighted by Gasteiger charge is -2.39. The van der Waals surface area contributed by atoms with Gasteiger partial charge in [-0.1, -0.05) is 31.2 Å². The Morgan fingerprint density at radius 1 is 1.13 bits per heavy atom. The van der Waals surface area contributed by atoms with Crippen molar-refractivity contribution >= 4 is 29.9 Å². The molecule has 4 rings (SSSR count). The SMILES string of the molecule is CCNC(=NCc1ccc(CN2CCCC2)cc1)N1CCC(C)C(n2ccnc2)C1.I. The number of imidazole rings is 1. The molecule has 7 heteroatoms. The predicted molar refractivity (Wildman–Crippen MR) is 138 cm³/mol. The first-order chi connectivity index (χ1) is 14.7. The lowest BCUT2D eigenvalue weighted by Crippen LogP contribution is -2.49. The van der Waals surface area contributed by atoms with Crippen LogP contribution in [0.4, 0.5) is 0 Å². The van der Waals surface area contributed by atoms with Gasteiger partial charge >= 0.3 is 0 Å². The van der Waals surface area contributed by atoms with E-state index < -0.39 is 0 Å². The van der Waals surface area contributed by atoms with Crippen molar-refractivity contribution < 1.29 is 0 Å². The maximum Gasteiger partial charge on any atom is 0.194 e. The van der Waals surface area contributed by atoms with Crippen molar-refractivity contribution in [2.24, 2.45) is 10.9 Å². The van der Waals surface area contributed by atoms with Gasteiger partial charge in [-0.25, -0.2) is 9.98 Å². The Bertz CT molecular complexity index is 798. The summed E-state index contributed by atoms with van der Waals surface area (Å²) in [5.74, 6) is 1.66. The average Bonchev–Trinajstić information content (AvgIpc) is 3.47. The summed E-state index contributed by atoms with van der Waals surface area (Å²) < 4.78 is 2.25. The van der Waals surface area contributed by atoms with Crippen LogP contribution >= 0.6 is 24.0 Å². The van der Waals surface area contributed by atoms with Crippen LogP contribution < -0.4 is 5.32 Å². The number of aromatic nitrogens is 2. The molecule has 2 atom stereocenters. The monoisotopic (exact) mass is 536 g/mol. The van der Waals surface area contributed by atoms with E-state index in [-0.39, 0.29) is 24.0 Å². The molecule has 2 aromatic rings.